The predicted molar refractivity (Wildman–Crippen MR) is 128 cm³/mol. The third kappa shape index (κ3) is 4.78. The molecule has 0 radical (unpaired) electrons. The number of dihydropyridines is 1. The lowest BCUT2D eigenvalue weighted by atomic mass is 9.68. The molecular formula is C27H28N2O5. The molecule has 176 valence electrons. The Bertz CT molecular complexity index is 1190. The first-order valence-corrected chi connectivity index (χ1v) is 11.4. The molecule has 1 atom stereocenters. The van der Waals surface area contributed by atoms with E-state index in [0.29, 0.717) is 41.7 Å². The van der Waals surface area contributed by atoms with Gasteiger partial charge in [0.25, 0.3) is 5.69 Å². The van der Waals surface area contributed by atoms with Crippen LogP contribution >= 0.6 is 0 Å². The largest absolute Gasteiger partial charge is 0.462 e. The van der Waals surface area contributed by atoms with E-state index in [1.807, 2.05) is 51.1 Å². The summed E-state index contributed by atoms with van der Waals surface area (Å²) in [7, 11) is 0. The van der Waals surface area contributed by atoms with Crippen molar-refractivity contribution in [3.8, 4) is 0 Å². The van der Waals surface area contributed by atoms with E-state index in [9.17, 15) is 19.7 Å². The lowest BCUT2D eigenvalue weighted by molar-refractivity contribution is -0.384. The van der Waals surface area contributed by atoms with Gasteiger partial charge in [-0.15, -0.1) is 0 Å². The minimum atomic E-state index is -0.634. The molecule has 1 aliphatic carbocycles. The molecule has 0 saturated carbocycles. The Balaban J connectivity index is 1.68. The topological polar surface area (TPSA) is 98.5 Å². The number of nitro groups is 1. The summed E-state index contributed by atoms with van der Waals surface area (Å²) in [4.78, 5) is 37.3. The number of carbonyl (C=O) groups excluding carboxylic acids is 2. The molecule has 0 bridgehead atoms. The zero-order valence-electron chi connectivity index (χ0n) is 19.6. The summed E-state index contributed by atoms with van der Waals surface area (Å²) in [5.74, 6) is -1.15. The quantitative estimate of drug-likeness (QED) is 0.371. The van der Waals surface area contributed by atoms with Crippen molar-refractivity contribution in [2.45, 2.75) is 46.0 Å². The number of ketones is 1. The van der Waals surface area contributed by atoms with Crippen LogP contribution < -0.4 is 5.32 Å². The molecule has 7 heteroatoms. The van der Waals surface area contributed by atoms with Crippen LogP contribution in [0.3, 0.4) is 0 Å². The first-order chi connectivity index (χ1) is 16.2. The lowest BCUT2D eigenvalue weighted by Gasteiger charge is -2.39. The van der Waals surface area contributed by atoms with Crippen LogP contribution in [0, 0.1) is 15.5 Å². The predicted octanol–water partition coefficient (Wildman–Crippen LogP) is 4.98. The van der Waals surface area contributed by atoms with Crippen LogP contribution in [0.15, 0.2) is 77.1 Å². The average molecular weight is 461 g/mol. The second-order valence-corrected chi connectivity index (χ2v) is 9.65. The molecule has 0 fully saturated rings. The zero-order chi connectivity index (χ0) is 24.5. The van der Waals surface area contributed by atoms with Gasteiger partial charge in [-0.25, -0.2) is 4.79 Å². The molecule has 0 saturated heterocycles. The van der Waals surface area contributed by atoms with E-state index in [0.717, 1.165) is 11.3 Å². The van der Waals surface area contributed by atoms with Gasteiger partial charge in [-0.05, 0) is 29.9 Å². The normalized spacial score (nSPS) is 19.4. The van der Waals surface area contributed by atoms with Crippen molar-refractivity contribution in [3.63, 3.8) is 0 Å². The van der Waals surface area contributed by atoms with Gasteiger partial charge in [-0.1, -0.05) is 56.3 Å². The van der Waals surface area contributed by atoms with Crippen LogP contribution in [0.1, 0.15) is 50.7 Å². The number of benzene rings is 2. The van der Waals surface area contributed by atoms with Gasteiger partial charge in [0.15, 0.2) is 5.78 Å². The summed E-state index contributed by atoms with van der Waals surface area (Å²) < 4.78 is 5.65. The van der Waals surface area contributed by atoms with Gasteiger partial charge in [0.05, 0.1) is 17.1 Å². The van der Waals surface area contributed by atoms with Gasteiger partial charge in [-0.2, -0.15) is 0 Å². The van der Waals surface area contributed by atoms with Crippen molar-refractivity contribution in [1.29, 1.82) is 0 Å². The van der Waals surface area contributed by atoms with Crippen molar-refractivity contribution in [3.05, 3.63) is 98.4 Å². The second-order valence-electron chi connectivity index (χ2n) is 9.65. The summed E-state index contributed by atoms with van der Waals surface area (Å²) in [5, 5.41) is 14.5. The zero-order valence-corrected chi connectivity index (χ0v) is 19.6. The fraction of sp³-hybridized carbons (Fsp3) is 0.333. The van der Waals surface area contributed by atoms with Crippen LogP contribution in [0.25, 0.3) is 0 Å². The molecule has 7 nitrogen and oxygen atoms in total. The Hall–Kier alpha value is -3.74. The maximum Gasteiger partial charge on any atom is 0.336 e. The molecule has 2 aromatic carbocycles. The van der Waals surface area contributed by atoms with E-state index in [1.165, 1.54) is 12.1 Å². The Morgan fingerprint density at radius 1 is 1.12 bits per heavy atom. The summed E-state index contributed by atoms with van der Waals surface area (Å²) >= 11 is 0. The van der Waals surface area contributed by atoms with Crippen LogP contribution in [-0.2, 0) is 20.7 Å². The minimum Gasteiger partial charge on any atom is -0.462 e. The maximum atomic E-state index is 13.3. The summed E-state index contributed by atoms with van der Waals surface area (Å²) in [6.07, 6.45) is 1.62. The summed E-state index contributed by atoms with van der Waals surface area (Å²) in [5.41, 5.74) is 3.83. The van der Waals surface area contributed by atoms with E-state index in [1.54, 1.807) is 12.1 Å². The van der Waals surface area contributed by atoms with Gasteiger partial charge in [0.2, 0.25) is 0 Å². The third-order valence-corrected chi connectivity index (χ3v) is 6.36. The molecule has 2 aromatic rings. The molecular weight excluding hydrogens is 432 g/mol. The van der Waals surface area contributed by atoms with Crippen molar-refractivity contribution in [2.24, 2.45) is 5.41 Å². The van der Waals surface area contributed by atoms with Crippen LogP contribution in [0.4, 0.5) is 5.69 Å². The molecule has 0 amide bonds. The van der Waals surface area contributed by atoms with Gasteiger partial charge in [0, 0.05) is 47.9 Å². The number of non-ortho nitro benzene ring substituents is 1. The number of Topliss-reactive ketones (excluding diaryl/α,β-unsaturated/α-hetero) is 1. The van der Waals surface area contributed by atoms with E-state index in [-0.39, 0.29) is 23.5 Å². The van der Waals surface area contributed by atoms with E-state index >= 15 is 0 Å². The summed E-state index contributed by atoms with van der Waals surface area (Å²) in [6, 6.07) is 15.8. The highest BCUT2D eigenvalue weighted by atomic mass is 16.6. The minimum absolute atomic E-state index is 0.0239. The standard InChI is InChI=1S/C27H28N2O5/c1-17-23(26(31)34-14-13-18-7-5-4-6-8-18)24(19-9-11-20(12-10-19)29(32)33)25-21(28-17)15-27(2,3)16-22(25)30/h4-12,24,28H,13-16H2,1-3H3/t24-/m0/s1. The van der Waals surface area contributed by atoms with Gasteiger partial charge >= 0.3 is 5.97 Å². The molecule has 2 aliphatic rings. The van der Waals surface area contributed by atoms with E-state index < -0.39 is 16.8 Å². The first kappa shape index (κ1) is 23.4. The Morgan fingerprint density at radius 3 is 2.44 bits per heavy atom. The molecule has 34 heavy (non-hydrogen) atoms. The third-order valence-electron chi connectivity index (χ3n) is 6.36. The molecule has 1 heterocycles. The second kappa shape index (κ2) is 9.25. The van der Waals surface area contributed by atoms with Crippen molar-refractivity contribution < 1.29 is 19.2 Å². The van der Waals surface area contributed by atoms with Crippen LogP contribution in [0.2, 0.25) is 0 Å². The van der Waals surface area contributed by atoms with Crippen molar-refractivity contribution in [1.82, 2.24) is 5.32 Å². The van der Waals surface area contributed by atoms with E-state index in [4.69, 9.17) is 4.74 Å². The smallest absolute Gasteiger partial charge is 0.336 e. The highest BCUT2D eigenvalue weighted by molar-refractivity contribution is 6.04. The number of nitro benzene ring substituents is 1. The molecule has 1 aliphatic heterocycles. The number of nitrogens with zero attached hydrogens (tertiary/aromatic N) is 1. The highest BCUT2D eigenvalue weighted by Gasteiger charge is 2.43. The van der Waals surface area contributed by atoms with Gasteiger partial charge in [-0.3, -0.25) is 14.9 Å². The number of nitrogens with one attached hydrogen (secondary N) is 1. The highest BCUT2D eigenvalue weighted by Crippen LogP contribution is 2.46. The Morgan fingerprint density at radius 2 is 1.79 bits per heavy atom. The number of hydrogen-bond acceptors (Lipinski definition) is 6. The molecule has 1 N–H and O–H groups in total. The van der Waals surface area contributed by atoms with Crippen LogP contribution in [-0.4, -0.2) is 23.3 Å². The lowest BCUT2D eigenvalue weighted by Crippen LogP contribution is -2.38. The average Bonchev–Trinajstić information content (AvgIpc) is 2.78. The van der Waals surface area contributed by atoms with Crippen molar-refractivity contribution in [2.75, 3.05) is 6.61 Å². The van der Waals surface area contributed by atoms with E-state index in [2.05, 4.69) is 5.32 Å². The molecule has 0 unspecified atom stereocenters. The number of hydrogen-bond donors (Lipinski definition) is 1. The fourth-order valence-corrected chi connectivity index (χ4v) is 4.81. The molecule has 4 rings (SSSR count). The Labute approximate surface area is 198 Å². The van der Waals surface area contributed by atoms with Gasteiger partial charge in [0.1, 0.15) is 0 Å². The SMILES string of the molecule is CC1=C(C(=O)OCCc2ccccc2)[C@H](c2ccc([N+](=O)[O-])cc2)C2=C(CC(C)(C)CC2=O)N1. The van der Waals surface area contributed by atoms with Crippen molar-refractivity contribution >= 4 is 17.4 Å². The maximum absolute atomic E-state index is 13.3. The first-order valence-electron chi connectivity index (χ1n) is 11.4. The monoisotopic (exact) mass is 460 g/mol. The number of rotatable bonds is 6. The number of carbonyl (C=O) groups is 2. The fourth-order valence-electron chi connectivity index (χ4n) is 4.81. The van der Waals surface area contributed by atoms with Crippen LogP contribution in [0.5, 0.6) is 0 Å². The Kier molecular flexibility index (Phi) is 6.37. The number of ether oxygens (including phenoxy) is 1. The number of allylic oxidation sites excluding steroid dienone is 3. The molecule has 0 spiro atoms. The summed E-state index contributed by atoms with van der Waals surface area (Å²) in [6.45, 7) is 6.11. The molecule has 0 aromatic heterocycles. The van der Waals surface area contributed by atoms with Gasteiger partial charge < -0.3 is 10.1 Å². The number of esters is 1.